The topological polar surface area (TPSA) is 99.4 Å². The maximum Gasteiger partial charge on any atom is 0.387 e. The van der Waals surface area contributed by atoms with Gasteiger partial charge in [-0.2, -0.15) is 8.78 Å². The zero-order valence-corrected chi connectivity index (χ0v) is 20.8. The summed E-state index contributed by atoms with van der Waals surface area (Å²) in [4.78, 5) is 26.5. The molecule has 0 radical (unpaired) electrons. The number of hydrogen-bond acceptors (Lipinski definition) is 5. The van der Waals surface area contributed by atoms with E-state index in [9.17, 15) is 26.8 Å². The lowest BCUT2D eigenvalue weighted by atomic mass is 10.0. The second-order valence-electron chi connectivity index (χ2n) is 9.14. The average molecular weight is 528 g/mol. The third kappa shape index (κ3) is 4.92. The van der Waals surface area contributed by atoms with Gasteiger partial charge in [-0.1, -0.05) is 17.7 Å². The molecule has 1 fully saturated rings. The molecule has 0 bridgehead atoms. The standard InChI is InChI=1S/C23H24ClF2N3O5S/c1-13(2)28-18-10-16(20(30)27-23(3)7-8-35(32,33)12-23)17(24)11-19(18)29(22(28)31)14-5-4-6-15(9-14)34-21(25)26/h4-6,9-11,13,21H,7-8,12H2,1-3H3,(H,27,30)/t23-/m0/s1. The smallest absolute Gasteiger partial charge is 0.387 e. The maximum atomic E-state index is 13.4. The van der Waals surface area contributed by atoms with Gasteiger partial charge in [0.1, 0.15) is 5.75 Å². The minimum absolute atomic E-state index is 0.0133. The third-order valence-electron chi connectivity index (χ3n) is 5.94. The van der Waals surface area contributed by atoms with Crippen LogP contribution in [0.5, 0.6) is 5.75 Å². The Morgan fingerprint density at radius 2 is 1.91 bits per heavy atom. The molecular weight excluding hydrogens is 504 g/mol. The van der Waals surface area contributed by atoms with E-state index in [4.69, 9.17) is 11.6 Å². The van der Waals surface area contributed by atoms with Crippen LogP contribution in [0, 0.1) is 0 Å². The van der Waals surface area contributed by atoms with Crippen molar-refractivity contribution in [3.63, 3.8) is 0 Å². The number of sulfone groups is 1. The Balaban J connectivity index is 1.83. The highest BCUT2D eigenvalue weighted by Gasteiger charge is 2.40. The predicted molar refractivity (Wildman–Crippen MR) is 129 cm³/mol. The van der Waals surface area contributed by atoms with Crippen LogP contribution in [0.2, 0.25) is 5.02 Å². The van der Waals surface area contributed by atoms with Gasteiger partial charge in [0.25, 0.3) is 5.91 Å². The second-order valence-corrected chi connectivity index (χ2v) is 11.7. The first-order valence-electron chi connectivity index (χ1n) is 10.8. The lowest BCUT2D eigenvalue weighted by Gasteiger charge is -2.24. The molecule has 188 valence electrons. The first kappa shape index (κ1) is 25.2. The Kier molecular flexibility index (Phi) is 6.43. The van der Waals surface area contributed by atoms with E-state index in [1.807, 2.05) is 0 Å². The molecule has 1 atom stereocenters. The number of carbonyl (C=O) groups excluding carboxylic acids is 1. The normalized spacial score (nSPS) is 19.5. The molecule has 2 aromatic carbocycles. The number of amides is 1. The number of hydrogen-bond donors (Lipinski definition) is 1. The summed E-state index contributed by atoms with van der Waals surface area (Å²) < 4.78 is 56.5. The van der Waals surface area contributed by atoms with Crippen molar-refractivity contribution < 1.29 is 26.7 Å². The van der Waals surface area contributed by atoms with Crippen molar-refractivity contribution in [3.05, 3.63) is 57.5 Å². The Labute approximate surface area is 205 Å². The van der Waals surface area contributed by atoms with Gasteiger partial charge in [0.05, 0.1) is 44.4 Å². The first-order valence-corrected chi connectivity index (χ1v) is 13.0. The van der Waals surface area contributed by atoms with E-state index in [0.717, 1.165) is 0 Å². The molecule has 4 rings (SSSR count). The highest BCUT2D eigenvalue weighted by Crippen LogP contribution is 2.30. The zero-order chi connectivity index (χ0) is 25.7. The summed E-state index contributed by atoms with van der Waals surface area (Å²) in [6.07, 6.45) is 0.283. The number of alkyl halides is 2. The summed E-state index contributed by atoms with van der Waals surface area (Å²) in [5.74, 6) is -0.855. The molecule has 2 heterocycles. The first-order chi connectivity index (χ1) is 16.3. The highest BCUT2D eigenvalue weighted by molar-refractivity contribution is 7.91. The van der Waals surface area contributed by atoms with Crippen molar-refractivity contribution in [1.29, 1.82) is 0 Å². The predicted octanol–water partition coefficient (Wildman–Crippen LogP) is 3.93. The van der Waals surface area contributed by atoms with Gasteiger partial charge >= 0.3 is 12.3 Å². The van der Waals surface area contributed by atoms with E-state index in [1.54, 1.807) is 26.8 Å². The number of aromatic nitrogens is 2. The molecule has 0 saturated carbocycles. The van der Waals surface area contributed by atoms with Crippen LogP contribution in [0.4, 0.5) is 8.78 Å². The van der Waals surface area contributed by atoms with E-state index >= 15 is 0 Å². The number of nitrogens with one attached hydrogen (secondary N) is 1. The van der Waals surface area contributed by atoms with Crippen LogP contribution >= 0.6 is 11.6 Å². The van der Waals surface area contributed by atoms with Crippen LogP contribution in [0.15, 0.2) is 41.2 Å². The fourth-order valence-electron chi connectivity index (χ4n) is 4.41. The average Bonchev–Trinajstić information content (AvgIpc) is 3.17. The maximum absolute atomic E-state index is 13.4. The van der Waals surface area contributed by atoms with Crippen molar-refractivity contribution >= 4 is 38.4 Å². The highest BCUT2D eigenvalue weighted by atomic mass is 35.5. The molecule has 0 unspecified atom stereocenters. The van der Waals surface area contributed by atoms with Gasteiger partial charge < -0.3 is 10.1 Å². The molecule has 0 spiro atoms. The summed E-state index contributed by atoms with van der Waals surface area (Å²) in [5, 5.41) is 2.83. The van der Waals surface area contributed by atoms with Crippen LogP contribution < -0.4 is 15.7 Å². The molecule has 1 saturated heterocycles. The van der Waals surface area contributed by atoms with Crippen LogP contribution in [0.1, 0.15) is 43.6 Å². The molecule has 1 N–H and O–H groups in total. The third-order valence-corrected chi connectivity index (χ3v) is 8.16. The number of ether oxygens (including phenoxy) is 1. The molecule has 3 aromatic rings. The fourth-order valence-corrected chi connectivity index (χ4v) is 6.75. The fraction of sp³-hybridized carbons (Fsp3) is 0.391. The van der Waals surface area contributed by atoms with Crippen LogP contribution in [-0.4, -0.2) is 47.1 Å². The van der Waals surface area contributed by atoms with Gasteiger partial charge in [-0.15, -0.1) is 0 Å². The van der Waals surface area contributed by atoms with Crippen LogP contribution in [0.25, 0.3) is 16.7 Å². The second kappa shape index (κ2) is 8.94. The molecule has 1 aliphatic heterocycles. The number of rotatable bonds is 6. The number of carbonyl (C=O) groups is 1. The van der Waals surface area contributed by atoms with Gasteiger partial charge in [-0.25, -0.2) is 13.2 Å². The quantitative estimate of drug-likeness (QED) is 0.523. The molecule has 1 aliphatic rings. The molecule has 35 heavy (non-hydrogen) atoms. The summed E-state index contributed by atoms with van der Waals surface area (Å²) in [7, 11) is -3.24. The van der Waals surface area contributed by atoms with Gasteiger partial charge in [0.15, 0.2) is 9.84 Å². The largest absolute Gasteiger partial charge is 0.435 e. The molecule has 12 heteroatoms. The van der Waals surface area contributed by atoms with Gasteiger partial charge in [0.2, 0.25) is 0 Å². The number of benzene rings is 2. The monoisotopic (exact) mass is 527 g/mol. The van der Waals surface area contributed by atoms with E-state index in [0.29, 0.717) is 11.0 Å². The van der Waals surface area contributed by atoms with Crippen LogP contribution in [0.3, 0.4) is 0 Å². The molecule has 1 amide bonds. The van der Waals surface area contributed by atoms with E-state index < -0.39 is 33.6 Å². The number of halogens is 3. The molecule has 1 aromatic heterocycles. The molecule has 0 aliphatic carbocycles. The Morgan fingerprint density at radius 1 is 1.20 bits per heavy atom. The minimum atomic E-state index is -3.24. The lowest BCUT2D eigenvalue weighted by molar-refractivity contribution is -0.0498. The number of imidazole rings is 1. The minimum Gasteiger partial charge on any atom is -0.435 e. The van der Waals surface area contributed by atoms with Crippen molar-refractivity contribution in [3.8, 4) is 11.4 Å². The SMILES string of the molecule is CC(C)n1c(=O)n(-c2cccc(OC(F)F)c2)c2cc(Cl)c(C(=O)N[C@@]3(C)CCS(=O)(=O)C3)cc21. The Morgan fingerprint density at radius 3 is 2.51 bits per heavy atom. The summed E-state index contributed by atoms with van der Waals surface area (Å²) in [6, 6.07) is 8.35. The summed E-state index contributed by atoms with van der Waals surface area (Å²) in [5.41, 5.74) is -0.228. The van der Waals surface area contributed by atoms with Gasteiger partial charge in [-0.05, 0) is 51.5 Å². The van der Waals surface area contributed by atoms with Gasteiger partial charge in [0, 0.05) is 12.1 Å². The number of fused-ring (bicyclic) bond motifs is 1. The molecular formula is C23H24ClF2N3O5S. The van der Waals surface area contributed by atoms with E-state index in [-0.39, 0.29) is 46.0 Å². The summed E-state index contributed by atoms with van der Waals surface area (Å²) in [6.45, 7) is 2.23. The van der Waals surface area contributed by atoms with Crippen molar-refractivity contribution in [1.82, 2.24) is 14.5 Å². The van der Waals surface area contributed by atoms with E-state index in [2.05, 4.69) is 10.1 Å². The van der Waals surface area contributed by atoms with Crippen molar-refractivity contribution in [2.75, 3.05) is 11.5 Å². The lowest BCUT2D eigenvalue weighted by Crippen LogP contribution is -2.47. The van der Waals surface area contributed by atoms with Crippen molar-refractivity contribution in [2.45, 2.75) is 45.4 Å². The number of nitrogens with zero attached hydrogens (tertiary/aromatic N) is 2. The van der Waals surface area contributed by atoms with Crippen LogP contribution in [-0.2, 0) is 9.84 Å². The Bertz CT molecular complexity index is 1480. The van der Waals surface area contributed by atoms with Gasteiger partial charge in [-0.3, -0.25) is 13.9 Å². The zero-order valence-electron chi connectivity index (χ0n) is 19.2. The van der Waals surface area contributed by atoms with E-state index in [1.165, 1.54) is 39.5 Å². The Hall–Kier alpha value is -2.92. The van der Waals surface area contributed by atoms with Crippen molar-refractivity contribution in [2.24, 2.45) is 0 Å². The summed E-state index contributed by atoms with van der Waals surface area (Å²) >= 11 is 6.46. The molecule has 8 nitrogen and oxygen atoms in total.